The molecule has 0 radical (unpaired) electrons. The first-order valence-electron chi connectivity index (χ1n) is 12.7. The Balaban J connectivity index is 5.86. The van der Waals surface area contributed by atoms with Crippen molar-refractivity contribution in [2.24, 2.45) is 11.8 Å². The molecule has 0 spiro atoms. The summed E-state index contributed by atoms with van der Waals surface area (Å²) in [6.07, 6.45) is 5.59. The maximum atomic E-state index is 13.7. The molecule has 0 fully saturated rings. The third-order valence-corrected chi connectivity index (χ3v) is 6.01. The van der Waals surface area contributed by atoms with Crippen molar-refractivity contribution in [3.63, 3.8) is 0 Å². The molecule has 0 saturated heterocycles. The summed E-state index contributed by atoms with van der Waals surface area (Å²) < 4.78 is 0. The number of likely N-dealkylation sites (N-methyl/N-ethyl adjacent to an activating group) is 1. The van der Waals surface area contributed by atoms with Gasteiger partial charge in [-0.2, -0.15) is 12.6 Å². The molecule has 3 amide bonds. The fraction of sp³-hybridized carbons (Fsp3) is 0.880. The Hall–Kier alpha value is -1.28. The van der Waals surface area contributed by atoms with Gasteiger partial charge in [-0.25, -0.2) is 0 Å². The maximum absolute atomic E-state index is 13.7. The van der Waals surface area contributed by atoms with Gasteiger partial charge in [0.15, 0.2) is 0 Å². The monoisotopic (exact) mass is 487 g/mol. The summed E-state index contributed by atoms with van der Waals surface area (Å²) in [6, 6.07) is -0.663. The molecule has 0 saturated carbocycles. The molecule has 3 atom stereocenters. The summed E-state index contributed by atoms with van der Waals surface area (Å²) in [5, 5.41) is 18.6. The third kappa shape index (κ3) is 13.3. The Labute approximate surface area is 207 Å². The van der Waals surface area contributed by atoms with Gasteiger partial charge in [0.05, 0.1) is 12.5 Å². The van der Waals surface area contributed by atoms with Gasteiger partial charge in [0.25, 0.3) is 0 Å². The molecular weight excluding hydrogens is 438 g/mol. The number of aliphatic hydroxyl groups excluding tert-OH is 1. The number of carbonyl (C=O) groups is 3. The van der Waals surface area contributed by atoms with Gasteiger partial charge >= 0.3 is 0 Å². The molecule has 0 aliphatic carbocycles. The minimum atomic E-state index is -1.13. The van der Waals surface area contributed by atoms with E-state index in [1.54, 1.807) is 0 Å². The molecule has 0 aromatic rings. The molecule has 4 N–H and O–H groups in total. The van der Waals surface area contributed by atoms with E-state index >= 15 is 0 Å². The van der Waals surface area contributed by atoms with Gasteiger partial charge in [0, 0.05) is 12.3 Å². The van der Waals surface area contributed by atoms with Crippen LogP contribution in [0, 0.1) is 11.8 Å². The predicted octanol–water partition coefficient (Wildman–Crippen LogP) is 3.60. The van der Waals surface area contributed by atoms with Crippen molar-refractivity contribution >= 4 is 30.4 Å². The number of thiol groups is 1. The van der Waals surface area contributed by atoms with E-state index in [9.17, 15) is 19.5 Å². The number of carbonyl (C=O) groups excluding carboxylic acids is 3. The molecule has 194 valence electrons. The highest BCUT2D eigenvalue weighted by atomic mass is 32.1. The van der Waals surface area contributed by atoms with Gasteiger partial charge in [-0.05, 0) is 38.0 Å². The average molecular weight is 488 g/mol. The lowest BCUT2D eigenvalue weighted by Gasteiger charge is -2.37. The normalized spacial score (nSPS) is 15.1. The Morgan fingerprint density at radius 3 is 2.12 bits per heavy atom. The summed E-state index contributed by atoms with van der Waals surface area (Å²) >= 11 is 4.05. The van der Waals surface area contributed by atoms with E-state index in [1.807, 2.05) is 34.6 Å². The first-order valence-corrected chi connectivity index (χ1v) is 13.3. The molecule has 0 aromatic heterocycles. The summed E-state index contributed by atoms with van der Waals surface area (Å²) in [6.45, 7) is 12.5. The number of rotatable bonds is 18. The van der Waals surface area contributed by atoms with Crippen LogP contribution in [-0.4, -0.2) is 52.8 Å². The Morgan fingerprint density at radius 1 is 0.970 bits per heavy atom. The van der Waals surface area contributed by atoms with Crippen LogP contribution < -0.4 is 16.0 Å². The van der Waals surface area contributed by atoms with E-state index in [0.717, 1.165) is 32.1 Å². The van der Waals surface area contributed by atoms with Crippen molar-refractivity contribution in [2.45, 2.75) is 117 Å². The molecule has 0 bridgehead atoms. The lowest BCUT2D eigenvalue weighted by Crippen LogP contribution is -2.62. The van der Waals surface area contributed by atoms with Crippen LogP contribution in [0.15, 0.2) is 0 Å². The number of hydrogen-bond acceptors (Lipinski definition) is 5. The molecule has 0 heterocycles. The zero-order chi connectivity index (χ0) is 25.4. The summed E-state index contributed by atoms with van der Waals surface area (Å²) in [4.78, 5) is 39.2. The molecule has 33 heavy (non-hydrogen) atoms. The van der Waals surface area contributed by atoms with Crippen LogP contribution in [0.3, 0.4) is 0 Å². The predicted molar refractivity (Wildman–Crippen MR) is 138 cm³/mol. The molecular formula is C25H49N3O4S. The first-order chi connectivity index (χ1) is 15.5. The Morgan fingerprint density at radius 2 is 1.61 bits per heavy atom. The van der Waals surface area contributed by atoms with Crippen molar-refractivity contribution in [3.05, 3.63) is 0 Å². The summed E-state index contributed by atoms with van der Waals surface area (Å²) in [5.41, 5.74) is -1.13. The van der Waals surface area contributed by atoms with E-state index < -0.39 is 17.7 Å². The number of unbranched alkanes of at least 4 members (excludes halogenated alkanes) is 4. The van der Waals surface area contributed by atoms with Crippen molar-refractivity contribution < 1.29 is 19.5 Å². The van der Waals surface area contributed by atoms with E-state index in [1.165, 1.54) is 0 Å². The quantitative estimate of drug-likeness (QED) is 0.150. The number of nitrogens with one attached hydrogen (secondary N) is 3. The van der Waals surface area contributed by atoms with Gasteiger partial charge in [-0.1, -0.05) is 66.7 Å². The minimum absolute atomic E-state index is 0.113. The zero-order valence-electron chi connectivity index (χ0n) is 21.7. The highest BCUT2D eigenvalue weighted by molar-refractivity contribution is 7.80. The second-order valence-corrected chi connectivity index (χ2v) is 10.3. The van der Waals surface area contributed by atoms with E-state index in [0.29, 0.717) is 25.8 Å². The fourth-order valence-corrected chi connectivity index (χ4v) is 4.23. The second-order valence-electron chi connectivity index (χ2n) is 9.98. The van der Waals surface area contributed by atoms with Gasteiger partial charge < -0.3 is 21.1 Å². The van der Waals surface area contributed by atoms with Crippen molar-refractivity contribution in [3.8, 4) is 0 Å². The van der Waals surface area contributed by atoms with Crippen molar-refractivity contribution in [2.75, 3.05) is 12.3 Å². The van der Waals surface area contributed by atoms with Crippen molar-refractivity contribution in [1.29, 1.82) is 0 Å². The molecule has 0 aromatic carbocycles. The molecule has 0 aliphatic heterocycles. The number of amides is 3. The smallest absolute Gasteiger partial charge is 0.246 e. The van der Waals surface area contributed by atoms with Crippen molar-refractivity contribution in [1.82, 2.24) is 16.0 Å². The number of hydrogen-bond donors (Lipinski definition) is 5. The van der Waals surface area contributed by atoms with E-state index in [-0.39, 0.29) is 41.7 Å². The van der Waals surface area contributed by atoms with E-state index in [4.69, 9.17) is 0 Å². The third-order valence-electron chi connectivity index (χ3n) is 5.59. The van der Waals surface area contributed by atoms with Crippen LogP contribution in [0.1, 0.15) is 99.3 Å². The number of aliphatic hydroxyl groups is 1. The van der Waals surface area contributed by atoms with Gasteiger partial charge in [0.2, 0.25) is 17.7 Å². The molecule has 0 aliphatic rings. The lowest BCUT2D eigenvalue weighted by molar-refractivity contribution is -0.138. The Kier molecular flexibility index (Phi) is 16.5. The van der Waals surface area contributed by atoms with E-state index in [2.05, 4.69) is 35.5 Å². The van der Waals surface area contributed by atoms with Crippen LogP contribution in [0.5, 0.6) is 0 Å². The average Bonchev–Trinajstić information content (AvgIpc) is 2.71. The fourth-order valence-electron chi connectivity index (χ4n) is 4.10. The zero-order valence-corrected chi connectivity index (χ0v) is 22.6. The highest BCUT2D eigenvalue weighted by Crippen LogP contribution is 2.26. The lowest BCUT2D eigenvalue weighted by atomic mass is 9.82. The SMILES string of the molecule is CCCCCCC[C@@](CC(C)C)(NC(=O)CC(O)CS)C(=O)N[C@@H](CC(C)C)C(=O)NCC. The highest BCUT2D eigenvalue weighted by Gasteiger charge is 2.41. The maximum Gasteiger partial charge on any atom is 0.246 e. The van der Waals surface area contributed by atoms with Gasteiger partial charge in [-0.3, -0.25) is 14.4 Å². The molecule has 1 unspecified atom stereocenters. The minimum Gasteiger partial charge on any atom is -0.392 e. The summed E-state index contributed by atoms with van der Waals surface area (Å²) in [7, 11) is 0. The van der Waals surface area contributed by atoms with Gasteiger partial charge in [0.1, 0.15) is 11.6 Å². The molecule has 7 nitrogen and oxygen atoms in total. The van der Waals surface area contributed by atoms with Crippen LogP contribution in [-0.2, 0) is 14.4 Å². The topological polar surface area (TPSA) is 108 Å². The first kappa shape index (κ1) is 31.7. The largest absolute Gasteiger partial charge is 0.392 e. The van der Waals surface area contributed by atoms with Gasteiger partial charge in [-0.15, -0.1) is 0 Å². The standard InChI is InChI=1S/C25H49N3O4S/c1-7-9-10-11-12-13-25(16-19(5)6,28-22(30)15-20(29)17-33)24(32)27-21(14-18(3)4)23(31)26-8-2/h18-21,29,33H,7-17H2,1-6H3,(H,26,31)(H,27,32)(H,28,30)/t20?,21-,25-/m0/s1. The van der Waals surface area contributed by atoms with Crippen LogP contribution >= 0.6 is 12.6 Å². The molecule has 0 rings (SSSR count). The second kappa shape index (κ2) is 17.2. The molecule has 8 heteroatoms. The van der Waals surface area contributed by atoms with Crippen LogP contribution in [0.2, 0.25) is 0 Å². The Bertz CT molecular complexity index is 586. The van der Waals surface area contributed by atoms with Crippen LogP contribution in [0.4, 0.5) is 0 Å². The summed E-state index contributed by atoms with van der Waals surface area (Å²) in [5.74, 6) is -0.378. The van der Waals surface area contributed by atoms with Crippen LogP contribution in [0.25, 0.3) is 0 Å².